The number of hydrogen-bond donors (Lipinski definition) is 9. The molecule has 44 heavy (non-hydrogen) atoms. The van der Waals surface area contributed by atoms with Crippen LogP contribution in [-0.2, 0) is 34.9 Å². The van der Waals surface area contributed by atoms with Crippen LogP contribution in [0, 0.1) is 0 Å². The number of phenols is 4. The van der Waals surface area contributed by atoms with Crippen molar-refractivity contribution in [3.8, 4) is 23.0 Å². The van der Waals surface area contributed by atoms with Gasteiger partial charge in [0.25, 0.3) is 0 Å². The lowest BCUT2D eigenvalue weighted by atomic mass is 9.98. The van der Waals surface area contributed by atoms with Crippen LogP contribution < -0.4 is 0 Å². The molecule has 10 unspecified atom stereocenters. The number of benzene rings is 2. The fraction of sp³-hybridized carbons (Fsp3) is 0.483. The summed E-state index contributed by atoms with van der Waals surface area (Å²) in [6, 6.07) is 8.00. The van der Waals surface area contributed by atoms with Gasteiger partial charge in [-0.15, -0.1) is 0 Å². The van der Waals surface area contributed by atoms with E-state index in [9.17, 15) is 50.8 Å². The van der Waals surface area contributed by atoms with Crippen molar-refractivity contribution < 1.29 is 74.4 Å². The molecular weight excluding hydrogens is 588 g/mol. The highest BCUT2D eigenvalue weighted by molar-refractivity contribution is 5.87. The summed E-state index contributed by atoms with van der Waals surface area (Å²) in [5, 5.41) is 90.3. The summed E-state index contributed by atoms with van der Waals surface area (Å²) in [4.78, 5) is 12.7. The number of phenolic OH excluding ortho intramolecular Hbond substituents is 4. The van der Waals surface area contributed by atoms with E-state index in [1.807, 2.05) is 0 Å². The highest BCUT2D eigenvalue weighted by atomic mass is 16.7. The van der Waals surface area contributed by atoms with Crippen molar-refractivity contribution in [3.05, 3.63) is 53.6 Å². The summed E-state index contributed by atoms with van der Waals surface area (Å²) in [5.74, 6) is -2.37. The van der Waals surface area contributed by atoms with Gasteiger partial charge < -0.3 is 69.6 Å². The Morgan fingerprint density at radius 1 is 0.773 bits per heavy atom. The minimum absolute atomic E-state index is 0.0645. The average Bonchev–Trinajstić information content (AvgIpc) is 2.99. The third kappa shape index (κ3) is 7.95. The van der Waals surface area contributed by atoms with Crippen LogP contribution in [0.5, 0.6) is 23.0 Å². The van der Waals surface area contributed by atoms with Gasteiger partial charge in [-0.2, -0.15) is 0 Å². The summed E-state index contributed by atoms with van der Waals surface area (Å²) in [6.45, 7) is 0.890. The maximum absolute atomic E-state index is 12.7. The van der Waals surface area contributed by atoms with Gasteiger partial charge in [0, 0.05) is 6.08 Å². The fourth-order valence-corrected chi connectivity index (χ4v) is 4.66. The zero-order valence-corrected chi connectivity index (χ0v) is 23.5. The highest BCUT2D eigenvalue weighted by Gasteiger charge is 2.49. The van der Waals surface area contributed by atoms with E-state index in [-0.39, 0.29) is 30.3 Å². The first-order chi connectivity index (χ1) is 20.8. The molecule has 9 N–H and O–H groups in total. The predicted molar refractivity (Wildman–Crippen MR) is 147 cm³/mol. The number of aromatic hydroxyl groups is 4. The molecule has 15 nitrogen and oxygen atoms in total. The molecule has 0 saturated carbocycles. The Kier molecular flexibility index (Phi) is 11.0. The quantitative estimate of drug-likeness (QED) is 0.0873. The van der Waals surface area contributed by atoms with Crippen molar-refractivity contribution in [2.45, 2.75) is 74.8 Å². The van der Waals surface area contributed by atoms with Crippen LogP contribution in [0.15, 0.2) is 42.5 Å². The van der Waals surface area contributed by atoms with Crippen molar-refractivity contribution in [1.82, 2.24) is 0 Å². The topological polar surface area (TPSA) is 245 Å². The second kappa shape index (κ2) is 14.5. The van der Waals surface area contributed by atoms with E-state index in [0.29, 0.717) is 11.1 Å². The van der Waals surface area contributed by atoms with E-state index in [1.54, 1.807) is 6.07 Å². The van der Waals surface area contributed by atoms with E-state index in [0.717, 1.165) is 6.08 Å². The third-order valence-corrected chi connectivity index (χ3v) is 7.25. The molecule has 2 saturated heterocycles. The predicted octanol–water partition coefficient (Wildman–Crippen LogP) is -1.02. The van der Waals surface area contributed by atoms with E-state index < -0.39 is 79.7 Å². The van der Waals surface area contributed by atoms with Gasteiger partial charge in [-0.25, -0.2) is 4.79 Å². The summed E-state index contributed by atoms with van der Waals surface area (Å²) in [7, 11) is 0. The molecule has 2 aliphatic heterocycles. The third-order valence-electron chi connectivity index (χ3n) is 7.25. The molecule has 0 bridgehead atoms. The molecule has 0 spiro atoms. The second-order valence-corrected chi connectivity index (χ2v) is 10.5. The van der Waals surface area contributed by atoms with E-state index in [2.05, 4.69) is 0 Å². The van der Waals surface area contributed by atoms with Gasteiger partial charge in [-0.3, -0.25) is 0 Å². The molecule has 10 atom stereocenters. The number of carbonyl (C=O) groups is 1. The van der Waals surface area contributed by atoms with Crippen molar-refractivity contribution in [2.75, 3.05) is 13.2 Å². The van der Waals surface area contributed by atoms with E-state index in [1.165, 1.54) is 43.3 Å². The van der Waals surface area contributed by atoms with Crippen LogP contribution >= 0.6 is 0 Å². The molecule has 2 heterocycles. The Morgan fingerprint density at radius 3 is 2.09 bits per heavy atom. The Hall–Kier alpha value is -3.51. The monoisotopic (exact) mass is 624 g/mol. The average molecular weight is 625 g/mol. The van der Waals surface area contributed by atoms with Gasteiger partial charge in [-0.05, 0) is 54.8 Å². The van der Waals surface area contributed by atoms with Gasteiger partial charge in [-0.1, -0.05) is 12.1 Å². The van der Waals surface area contributed by atoms with Crippen LogP contribution in [0.3, 0.4) is 0 Å². The number of rotatable bonds is 10. The number of carbonyl (C=O) groups excluding carboxylic acids is 1. The molecule has 0 radical (unpaired) electrons. The largest absolute Gasteiger partial charge is 0.504 e. The molecule has 2 fully saturated rings. The number of ether oxygens (including phenoxy) is 5. The number of aliphatic hydroxyl groups excluding tert-OH is 5. The SMILES string of the molecule is CC1OC(OCC2OC(OCCc3ccc(O)c(O)c3)C(O)C(O)C2OC(=O)C=Cc2ccc(O)c(O)c2)C(O)C(O)C1O. The summed E-state index contributed by atoms with van der Waals surface area (Å²) < 4.78 is 27.8. The van der Waals surface area contributed by atoms with Crippen LogP contribution in [0.1, 0.15) is 18.1 Å². The first-order valence-electron chi connectivity index (χ1n) is 13.7. The van der Waals surface area contributed by atoms with Crippen LogP contribution in [0.2, 0.25) is 0 Å². The maximum Gasteiger partial charge on any atom is 0.331 e. The van der Waals surface area contributed by atoms with Crippen LogP contribution in [-0.4, -0.2) is 127 Å². The Labute approximate surface area is 251 Å². The second-order valence-electron chi connectivity index (χ2n) is 10.5. The van der Waals surface area contributed by atoms with Gasteiger partial charge in [0.15, 0.2) is 41.7 Å². The summed E-state index contributed by atoms with van der Waals surface area (Å²) >= 11 is 0. The molecule has 15 heteroatoms. The van der Waals surface area contributed by atoms with Crippen LogP contribution in [0.4, 0.5) is 0 Å². The minimum atomic E-state index is -1.75. The molecule has 242 valence electrons. The minimum Gasteiger partial charge on any atom is -0.504 e. The Morgan fingerprint density at radius 2 is 1.41 bits per heavy atom. The van der Waals surface area contributed by atoms with Crippen LogP contribution in [0.25, 0.3) is 6.08 Å². The maximum atomic E-state index is 12.7. The van der Waals surface area contributed by atoms with Gasteiger partial charge >= 0.3 is 5.97 Å². The molecule has 2 aromatic carbocycles. The van der Waals surface area contributed by atoms with Crippen molar-refractivity contribution >= 4 is 12.0 Å². The zero-order valence-electron chi connectivity index (χ0n) is 23.5. The Balaban J connectivity index is 1.45. The molecule has 2 aromatic rings. The van der Waals surface area contributed by atoms with Gasteiger partial charge in [0.1, 0.15) is 36.6 Å². The lowest BCUT2D eigenvalue weighted by Crippen LogP contribution is -2.62. The van der Waals surface area contributed by atoms with Crippen molar-refractivity contribution in [1.29, 1.82) is 0 Å². The number of esters is 1. The molecule has 2 aliphatic rings. The number of hydrogen-bond acceptors (Lipinski definition) is 15. The molecule has 4 rings (SSSR count). The first-order valence-corrected chi connectivity index (χ1v) is 13.7. The van der Waals surface area contributed by atoms with Crippen molar-refractivity contribution in [3.63, 3.8) is 0 Å². The lowest BCUT2D eigenvalue weighted by molar-refractivity contribution is -0.328. The molecular formula is C29H36O15. The molecule has 0 aliphatic carbocycles. The fourth-order valence-electron chi connectivity index (χ4n) is 4.66. The van der Waals surface area contributed by atoms with Crippen molar-refractivity contribution in [2.24, 2.45) is 0 Å². The van der Waals surface area contributed by atoms with Gasteiger partial charge in [0.05, 0.1) is 19.3 Å². The standard InChI is InChI=1S/C29H36O15/c1-13-22(35)23(36)25(38)29(42-13)41-12-20-27(44-21(34)7-4-14-2-5-16(30)18(32)10-14)24(37)26(39)28(43-20)40-9-8-15-3-6-17(31)19(33)11-15/h2-7,10-11,13,20,22-33,35-39H,8-9,12H2,1H3. The summed E-state index contributed by atoms with van der Waals surface area (Å²) in [6.07, 6.45) is -12.2. The number of aliphatic hydroxyl groups is 5. The summed E-state index contributed by atoms with van der Waals surface area (Å²) in [5.41, 5.74) is 0.927. The zero-order chi connectivity index (χ0) is 32.1. The molecule has 0 amide bonds. The molecule has 0 aromatic heterocycles. The Bertz CT molecular complexity index is 1300. The van der Waals surface area contributed by atoms with E-state index in [4.69, 9.17) is 23.7 Å². The van der Waals surface area contributed by atoms with Gasteiger partial charge in [0.2, 0.25) is 0 Å². The lowest BCUT2D eigenvalue weighted by Gasteiger charge is -2.43. The first kappa shape index (κ1) is 33.4. The van der Waals surface area contributed by atoms with E-state index >= 15 is 0 Å². The normalized spacial score (nSPS) is 32.5. The smallest absolute Gasteiger partial charge is 0.331 e. The highest BCUT2D eigenvalue weighted by Crippen LogP contribution is 2.29.